The standard InChI is InChI=1S/C14H18F2N2O/c15-14(16)19-12-3-1-11(2-4-12)17-13-6-8-18-7-5-10(13)9-18/h1-4,10,13-14,17H,5-9H2. The lowest BCUT2D eigenvalue weighted by Gasteiger charge is -2.31. The number of rotatable bonds is 4. The van der Waals surface area contributed by atoms with E-state index in [1.165, 1.54) is 19.5 Å². The van der Waals surface area contributed by atoms with Crippen LogP contribution in [-0.2, 0) is 0 Å². The summed E-state index contributed by atoms with van der Waals surface area (Å²) in [6, 6.07) is 7.27. The molecule has 104 valence electrons. The Labute approximate surface area is 111 Å². The Balaban J connectivity index is 1.60. The molecule has 2 saturated heterocycles. The summed E-state index contributed by atoms with van der Waals surface area (Å²) in [7, 11) is 0. The quantitative estimate of drug-likeness (QED) is 0.908. The molecule has 0 spiro atoms. The van der Waals surface area contributed by atoms with E-state index in [1.807, 2.05) is 0 Å². The summed E-state index contributed by atoms with van der Waals surface area (Å²) in [5, 5.41) is 3.52. The number of nitrogens with one attached hydrogen (secondary N) is 1. The van der Waals surface area contributed by atoms with Gasteiger partial charge in [-0.15, -0.1) is 0 Å². The molecule has 2 fully saturated rings. The second-order valence-electron chi connectivity index (χ2n) is 5.29. The lowest BCUT2D eigenvalue weighted by Crippen LogP contribution is -2.39. The molecule has 3 unspecified atom stereocenters. The predicted molar refractivity (Wildman–Crippen MR) is 69.6 cm³/mol. The summed E-state index contributed by atoms with van der Waals surface area (Å²) in [4.78, 5) is 2.50. The lowest BCUT2D eigenvalue weighted by atomic mass is 9.94. The number of halogens is 2. The van der Waals surface area contributed by atoms with Crippen LogP contribution in [0.15, 0.2) is 24.3 Å². The number of hydrogen-bond acceptors (Lipinski definition) is 3. The lowest BCUT2D eigenvalue weighted by molar-refractivity contribution is -0.0498. The molecule has 2 heterocycles. The van der Waals surface area contributed by atoms with Crippen LogP contribution in [0.25, 0.3) is 0 Å². The number of anilines is 1. The van der Waals surface area contributed by atoms with E-state index < -0.39 is 6.61 Å². The molecule has 2 bridgehead atoms. The van der Waals surface area contributed by atoms with Crippen molar-refractivity contribution in [3.63, 3.8) is 0 Å². The van der Waals surface area contributed by atoms with E-state index in [0.717, 1.165) is 18.7 Å². The monoisotopic (exact) mass is 268 g/mol. The van der Waals surface area contributed by atoms with E-state index in [2.05, 4.69) is 15.0 Å². The van der Waals surface area contributed by atoms with Crippen molar-refractivity contribution in [3.05, 3.63) is 24.3 Å². The highest BCUT2D eigenvalue weighted by atomic mass is 19.3. The molecule has 0 aliphatic carbocycles. The van der Waals surface area contributed by atoms with Crippen LogP contribution in [0.1, 0.15) is 12.8 Å². The molecule has 0 amide bonds. The molecular formula is C14H18F2N2O. The van der Waals surface area contributed by atoms with Crippen LogP contribution in [0.3, 0.4) is 0 Å². The van der Waals surface area contributed by atoms with Crippen molar-refractivity contribution in [2.75, 3.05) is 25.0 Å². The number of hydrogen-bond donors (Lipinski definition) is 1. The molecule has 1 aromatic carbocycles. The summed E-state index contributed by atoms with van der Waals surface area (Å²) in [6.45, 7) is 0.788. The van der Waals surface area contributed by atoms with E-state index >= 15 is 0 Å². The molecule has 3 atom stereocenters. The van der Waals surface area contributed by atoms with Gasteiger partial charge in [0.1, 0.15) is 5.75 Å². The van der Waals surface area contributed by atoms with E-state index in [-0.39, 0.29) is 5.75 Å². The second kappa shape index (κ2) is 5.33. The zero-order valence-electron chi connectivity index (χ0n) is 10.7. The average Bonchev–Trinajstić information content (AvgIpc) is 2.77. The minimum absolute atomic E-state index is 0.205. The maximum atomic E-state index is 12.1. The van der Waals surface area contributed by atoms with Crippen molar-refractivity contribution in [2.24, 2.45) is 5.92 Å². The van der Waals surface area contributed by atoms with Crippen molar-refractivity contribution in [3.8, 4) is 5.75 Å². The molecule has 0 aromatic heterocycles. The zero-order chi connectivity index (χ0) is 13.2. The van der Waals surface area contributed by atoms with E-state index in [0.29, 0.717) is 12.0 Å². The molecule has 5 heteroatoms. The molecule has 3 nitrogen and oxygen atoms in total. The number of piperidine rings is 1. The van der Waals surface area contributed by atoms with Crippen LogP contribution in [0, 0.1) is 5.92 Å². The normalized spacial score (nSPS) is 29.5. The fourth-order valence-corrected chi connectivity index (χ4v) is 3.09. The largest absolute Gasteiger partial charge is 0.435 e. The first kappa shape index (κ1) is 12.7. The van der Waals surface area contributed by atoms with Gasteiger partial charge >= 0.3 is 6.61 Å². The highest BCUT2D eigenvalue weighted by Crippen LogP contribution is 2.29. The van der Waals surface area contributed by atoms with Gasteiger partial charge in [-0.3, -0.25) is 0 Å². The van der Waals surface area contributed by atoms with E-state index in [1.54, 1.807) is 24.3 Å². The van der Waals surface area contributed by atoms with E-state index in [4.69, 9.17) is 0 Å². The second-order valence-corrected chi connectivity index (χ2v) is 5.29. The van der Waals surface area contributed by atoms with Crippen LogP contribution < -0.4 is 10.1 Å². The molecule has 19 heavy (non-hydrogen) atoms. The fourth-order valence-electron chi connectivity index (χ4n) is 3.09. The van der Waals surface area contributed by atoms with Gasteiger partial charge in [0.15, 0.2) is 0 Å². The summed E-state index contributed by atoms with van der Waals surface area (Å²) in [5.41, 5.74) is 0.979. The Hall–Kier alpha value is -1.36. The molecule has 0 radical (unpaired) electrons. The third-order valence-corrected chi connectivity index (χ3v) is 4.07. The van der Waals surface area contributed by atoms with Crippen LogP contribution in [0.4, 0.5) is 14.5 Å². The first-order valence-corrected chi connectivity index (χ1v) is 6.74. The first-order valence-electron chi connectivity index (χ1n) is 6.74. The van der Waals surface area contributed by atoms with Gasteiger partial charge < -0.3 is 15.0 Å². The molecule has 2 aliphatic rings. The SMILES string of the molecule is FC(F)Oc1ccc(NC2CCN3CCC2C3)cc1. The topological polar surface area (TPSA) is 24.5 Å². The van der Waals surface area contributed by atoms with Gasteiger partial charge in [0, 0.05) is 24.8 Å². The zero-order valence-corrected chi connectivity index (χ0v) is 10.7. The minimum atomic E-state index is -2.76. The van der Waals surface area contributed by atoms with Gasteiger partial charge in [0.25, 0.3) is 0 Å². The molecular weight excluding hydrogens is 250 g/mol. The number of benzene rings is 1. The van der Waals surface area contributed by atoms with Crippen LogP contribution in [0.2, 0.25) is 0 Å². The Kier molecular flexibility index (Phi) is 3.55. The van der Waals surface area contributed by atoms with E-state index in [9.17, 15) is 8.78 Å². The maximum Gasteiger partial charge on any atom is 0.387 e. The third-order valence-electron chi connectivity index (χ3n) is 4.07. The Bertz CT molecular complexity index is 424. The highest BCUT2D eigenvalue weighted by molar-refractivity contribution is 5.47. The molecule has 0 saturated carbocycles. The fraction of sp³-hybridized carbons (Fsp3) is 0.571. The van der Waals surface area contributed by atoms with Gasteiger partial charge in [0.2, 0.25) is 0 Å². The first-order chi connectivity index (χ1) is 9.20. The van der Waals surface area contributed by atoms with Crippen molar-refractivity contribution in [2.45, 2.75) is 25.5 Å². The molecule has 3 rings (SSSR count). The van der Waals surface area contributed by atoms with Crippen molar-refractivity contribution in [1.29, 1.82) is 0 Å². The summed E-state index contributed by atoms with van der Waals surface area (Å²) in [6.07, 6.45) is 2.41. The number of alkyl halides is 2. The van der Waals surface area contributed by atoms with Crippen LogP contribution in [0.5, 0.6) is 5.75 Å². The van der Waals surface area contributed by atoms with Gasteiger partial charge in [-0.25, -0.2) is 0 Å². The Morgan fingerprint density at radius 2 is 1.89 bits per heavy atom. The molecule has 2 aliphatic heterocycles. The summed E-state index contributed by atoms with van der Waals surface area (Å²) in [5.74, 6) is 0.918. The molecule has 1 N–H and O–H groups in total. The van der Waals surface area contributed by atoms with Crippen LogP contribution >= 0.6 is 0 Å². The summed E-state index contributed by atoms with van der Waals surface area (Å²) < 4.78 is 28.4. The Morgan fingerprint density at radius 3 is 2.63 bits per heavy atom. The van der Waals surface area contributed by atoms with Gasteiger partial charge in [-0.05, 0) is 49.6 Å². The highest BCUT2D eigenvalue weighted by Gasteiger charge is 2.33. The minimum Gasteiger partial charge on any atom is -0.435 e. The van der Waals surface area contributed by atoms with Crippen molar-refractivity contribution in [1.82, 2.24) is 4.90 Å². The van der Waals surface area contributed by atoms with Crippen LogP contribution in [-0.4, -0.2) is 37.2 Å². The molecule has 1 aromatic rings. The number of ether oxygens (including phenoxy) is 1. The van der Waals surface area contributed by atoms with Gasteiger partial charge in [-0.1, -0.05) is 0 Å². The number of fused-ring (bicyclic) bond motifs is 2. The smallest absolute Gasteiger partial charge is 0.387 e. The van der Waals surface area contributed by atoms with Gasteiger partial charge in [0.05, 0.1) is 0 Å². The van der Waals surface area contributed by atoms with Crippen molar-refractivity contribution < 1.29 is 13.5 Å². The average molecular weight is 268 g/mol. The third kappa shape index (κ3) is 2.97. The Morgan fingerprint density at radius 1 is 1.16 bits per heavy atom. The number of nitrogens with zero attached hydrogens (tertiary/aromatic N) is 1. The maximum absolute atomic E-state index is 12.1. The predicted octanol–water partition coefficient (Wildman–Crippen LogP) is 2.79. The summed E-state index contributed by atoms with van der Waals surface area (Å²) >= 11 is 0. The van der Waals surface area contributed by atoms with Gasteiger partial charge in [-0.2, -0.15) is 8.78 Å². The van der Waals surface area contributed by atoms with Crippen molar-refractivity contribution >= 4 is 5.69 Å².